The normalized spacial score (nSPS) is 31.9. The third-order valence-electron chi connectivity index (χ3n) is 4.28. The first-order valence-corrected chi connectivity index (χ1v) is 7.20. The Morgan fingerprint density at radius 2 is 2.00 bits per heavy atom. The second-order valence-electron chi connectivity index (χ2n) is 6.45. The van der Waals surface area contributed by atoms with Crippen LogP contribution in [0, 0.1) is 0 Å². The van der Waals surface area contributed by atoms with Crippen LogP contribution < -0.4 is 5.32 Å². The Morgan fingerprint density at radius 3 is 2.78 bits per heavy atom. The van der Waals surface area contributed by atoms with E-state index in [1.54, 1.807) is 0 Å². The monoisotopic (exact) mass is 244 g/mol. The highest BCUT2D eigenvalue weighted by atomic mass is 15.2. The summed E-state index contributed by atoms with van der Waals surface area (Å²) in [5.74, 6) is 0.778. The number of benzene rings is 1. The molecule has 3 rings (SSSR count). The lowest BCUT2D eigenvalue weighted by Gasteiger charge is -2.30. The fourth-order valence-corrected chi connectivity index (χ4v) is 3.28. The van der Waals surface area contributed by atoms with E-state index in [-0.39, 0.29) is 5.54 Å². The lowest BCUT2D eigenvalue weighted by atomic mass is 10.1. The molecule has 1 aliphatic carbocycles. The lowest BCUT2D eigenvalue weighted by Crippen LogP contribution is -2.47. The van der Waals surface area contributed by atoms with Crippen molar-refractivity contribution in [2.45, 2.75) is 44.2 Å². The van der Waals surface area contributed by atoms with Gasteiger partial charge in [0, 0.05) is 24.0 Å². The summed E-state index contributed by atoms with van der Waals surface area (Å²) in [4.78, 5) is 2.71. The predicted molar refractivity (Wildman–Crippen MR) is 75.9 cm³/mol. The van der Waals surface area contributed by atoms with Gasteiger partial charge in [0.1, 0.15) is 0 Å². The van der Waals surface area contributed by atoms with Gasteiger partial charge in [-0.25, -0.2) is 0 Å². The van der Waals surface area contributed by atoms with Gasteiger partial charge >= 0.3 is 0 Å². The molecule has 2 fully saturated rings. The number of hydrogen-bond donors (Lipinski definition) is 1. The highest BCUT2D eigenvalue weighted by Crippen LogP contribution is 2.45. The van der Waals surface area contributed by atoms with E-state index in [4.69, 9.17) is 0 Å². The van der Waals surface area contributed by atoms with E-state index < -0.39 is 0 Å². The van der Waals surface area contributed by atoms with Crippen molar-refractivity contribution in [3.8, 4) is 0 Å². The van der Waals surface area contributed by atoms with Crippen molar-refractivity contribution >= 4 is 0 Å². The molecular weight excluding hydrogens is 220 g/mol. The fraction of sp³-hybridized carbons (Fsp3) is 0.625. The van der Waals surface area contributed by atoms with Gasteiger partial charge in [-0.2, -0.15) is 0 Å². The first-order chi connectivity index (χ1) is 8.66. The van der Waals surface area contributed by atoms with E-state index in [0.717, 1.165) is 18.5 Å². The molecule has 1 saturated heterocycles. The van der Waals surface area contributed by atoms with Crippen molar-refractivity contribution in [2.75, 3.05) is 19.6 Å². The Bertz CT molecular complexity index is 399. The maximum absolute atomic E-state index is 3.65. The highest BCUT2D eigenvalue weighted by Gasteiger charge is 2.44. The summed E-state index contributed by atoms with van der Waals surface area (Å²) < 4.78 is 0. The zero-order chi connectivity index (χ0) is 12.6. The van der Waals surface area contributed by atoms with E-state index in [0.29, 0.717) is 0 Å². The van der Waals surface area contributed by atoms with Crippen LogP contribution in [0.5, 0.6) is 0 Å². The van der Waals surface area contributed by atoms with E-state index in [2.05, 4.69) is 54.4 Å². The quantitative estimate of drug-likeness (QED) is 0.860. The molecule has 0 amide bonds. The summed E-state index contributed by atoms with van der Waals surface area (Å²) in [5, 5.41) is 3.65. The molecule has 1 aliphatic heterocycles. The van der Waals surface area contributed by atoms with Crippen LogP contribution in [0.2, 0.25) is 0 Å². The van der Waals surface area contributed by atoms with Gasteiger partial charge in [-0.15, -0.1) is 0 Å². The molecule has 1 aromatic rings. The van der Waals surface area contributed by atoms with Gasteiger partial charge in [0.15, 0.2) is 0 Å². The molecule has 1 heterocycles. The second-order valence-corrected chi connectivity index (χ2v) is 6.45. The number of nitrogens with zero attached hydrogens (tertiary/aromatic N) is 1. The van der Waals surface area contributed by atoms with Crippen molar-refractivity contribution in [1.29, 1.82) is 0 Å². The Morgan fingerprint density at radius 1 is 1.22 bits per heavy atom. The van der Waals surface area contributed by atoms with E-state index >= 15 is 0 Å². The Balaban J connectivity index is 1.67. The Kier molecular flexibility index (Phi) is 3.16. The third-order valence-corrected chi connectivity index (χ3v) is 4.28. The van der Waals surface area contributed by atoms with Gasteiger partial charge in [0.25, 0.3) is 0 Å². The molecule has 0 spiro atoms. The van der Waals surface area contributed by atoms with Crippen molar-refractivity contribution in [1.82, 2.24) is 10.2 Å². The summed E-state index contributed by atoms with van der Waals surface area (Å²) in [5.41, 5.74) is 1.79. The van der Waals surface area contributed by atoms with Crippen molar-refractivity contribution < 1.29 is 0 Å². The van der Waals surface area contributed by atoms with Gasteiger partial charge in [-0.05, 0) is 45.3 Å². The molecule has 0 radical (unpaired) electrons. The van der Waals surface area contributed by atoms with Gasteiger partial charge in [0.05, 0.1) is 0 Å². The minimum atomic E-state index is 0.264. The van der Waals surface area contributed by atoms with Crippen LogP contribution in [0.15, 0.2) is 30.3 Å². The summed E-state index contributed by atoms with van der Waals surface area (Å²) in [6, 6.07) is 11.8. The largest absolute Gasteiger partial charge is 0.310 e. The molecule has 1 saturated carbocycles. The minimum absolute atomic E-state index is 0.264. The molecule has 1 aromatic carbocycles. The maximum atomic E-state index is 3.65. The van der Waals surface area contributed by atoms with Crippen molar-refractivity contribution in [3.63, 3.8) is 0 Å². The second kappa shape index (κ2) is 4.67. The number of hydrogen-bond acceptors (Lipinski definition) is 2. The van der Waals surface area contributed by atoms with Crippen LogP contribution in [0.25, 0.3) is 0 Å². The van der Waals surface area contributed by atoms with E-state index in [1.807, 2.05) is 0 Å². The van der Waals surface area contributed by atoms with Crippen molar-refractivity contribution in [2.24, 2.45) is 0 Å². The molecule has 0 aromatic heterocycles. The zero-order valence-corrected chi connectivity index (χ0v) is 11.5. The first kappa shape index (κ1) is 12.2. The summed E-state index contributed by atoms with van der Waals surface area (Å²) in [6.07, 6.45) is 2.63. The molecule has 2 heteroatoms. The molecule has 2 aliphatic rings. The molecule has 0 bridgehead atoms. The Hall–Kier alpha value is -0.860. The summed E-state index contributed by atoms with van der Waals surface area (Å²) in [6.45, 7) is 8.24. The molecule has 1 N–H and O–H groups in total. The minimum Gasteiger partial charge on any atom is -0.310 e. The van der Waals surface area contributed by atoms with Gasteiger partial charge in [0.2, 0.25) is 0 Å². The van der Waals surface area contributed by atoms with Gasteiger partial charge in [-0.1, -0.05) is 30.3 Å². The highest BCUT2D eigenvalue weighted by molar-refractivity contribution is 5.28. The van der Waals surface area contributed by atoms with Crippen LogP contribution >= 0.6 is 0 Å². The molecule has 2 atom stereocenters. The molecular formula is C16H24N2. The van der Waals surface area contributed by atoms with Crippen molar-refractivity contribution in [3.05, 3.63) is 35.9 Å². The fourth-order valence-electron chi connectivity index (χ4n) is 3.28. The lowest BCUT2D eigenvalue weighted by molar-refractivity contribution is 0.219. The average molecular weight is 244 g/mol. The van der Waals surface area contributed by atoms with E-state index in [1.165, 1.54) is 31.5 Å². The van der Waals surface area contributed by atoms with Crippen LogP contribution in [0.1, 0.15) is 38.2 Å². The first-order valence-electron chi connectivity index (χ1n) is 7.20. The van der Waals surface area contributed by atoms with Gasteiger partial charge in [-0.3, -0.25) is 4.90 Å². The number of rotatable bonds is 2. The Labute approximate surface area is 110 Å². The predicted octanol–water partition coefficient (Wildman–Crippen LogP) is 2.62. The zero-order valence-electron chi connectivity index (χ0n) is 11.5. The standard InChI is InChI=1S/C16H24N2/c1-16(2)12-18(10-6-9-17-16)15-11-14(15)13-7-4-3-5-8-13/h3-5,7-8,14-15,17H,6,9-12H2,1-2H3. The van der Waals surface area contributed by atoms with Crippen LogP contribution in [0.4, 0.5) is 0 Å². The van der Waals surface area contributed by atoms with Crippen LogP contribution in [0.3, 0.4) is 0 Å². The summed E-state index contributed by atoms with van der Waals surface area (Å²) in [7, 11) is 0. The van der Waals surface area contributed by atoms with Crippen LogP contribution in [-0.2, 0) is 0 Å². The smallest absolute Gasteiger partial charge is 0.0252 e. The maximum Gasteiger partial charge on any atom is 0.0252 e. The van der Waals surface area contributed by atoms with Crippen LogP contribution in [-0.4, -0.2) is 36.1 Å². The SMILES string of the molecule is CC1(C)CN(C2CC2c2ccccc2)CCCN1. The molecule has 98 valence electrons. The van der Waals surface area contributed by atoms with E-state index in [9.17, 15) is 0 Å². The topological polar surface area (TPSA) is 15.3 Å². The molecule has 2 unspecified atom stereocenters. The molecule has 18 heavy (non-hydrogen) atoms. The van der Waals surface area contributed by atoms with Gasteiger partial charge < -0.3 is 5.32 Å². The summed E-state index contributed by atoms with van der Waals surface area (Å²) >= 11 is 0. The average Bonchev–Trinajstić information content (AvgIpc) is 3.14. The third kappa shape index (κ3) is 2.60. The number of nitrogens with one attached hydrogen (secondary N) is 1. The molecule has 2 nitrogen and oxygen atoms in total.